The fourth-order valence-corrected chi connectivity index (χ4v) is 3.26. The maximum atomic E-state index is 12.4. The number of morpholine rings is 1. The Balaban J connectivity index is 0.00000200. The van der Waals surface area contributed by atoms with Crippen molar-refractivity contribution in [1.82, 2.24) is 9.80 Å². The smallest absolute Gasteiger partial charge is 0.236 e. The van der Waals surface area contributed by atoms with Crippen LogP contribution in [0.4, 0.5) is 0 Å². The second-order valence-electron chi connectivity index (χ2n) is 6.17. The van der Waals surface area contributed by atoms with Crippen LogP contribution in [0.25, 0.3) is 0 Å². The van der Waals surface area contributed by atoms with Crippen LogP contribution in [0, 0.1) is 5.92 Å². The fraction of sp³-hybridized carbons (Fsp3) is 0.929. The highest BCUT2D eigenvalue weighted by Gasteiger charge is 2.32. The first-order valence-electron chi connectivity index (χ1n) is 7.37. The summed E-state index contributed by atoms with van der Waals surface area (Å²) in [5.74, 6) is 0.775. The molecule has 4 atom stereocenters. The molecule has 5 nitrogen and oxygen atoms in total. The van der Waals surface area contributed by atoms with Crippen molar-refractivity contribution in [3.8, 4) is 0 Å². The minimum Gasteiger partial charge on any atom is -0.372 e. The molecule has 0 saturated carbocycles. The van der Waals surface area contributed by atoms with Crippen molar-refractivity contribution >= 4 is 18.3 Å². The highest BCUT2D eigenvalue weighted by Crippen LogP contribution is 2.22. The van der Waals surface area contributed by atoms with Gasteiger partial charge in [-0.15, -0.1) is 12.4 Å². The van der Waals surface area contributed by atoms with E-state index in [1.807, 2.05) is 18.7 Å². The summed E-state index contributed by atoms with van der Waals surface area (Å²) in [7, 11) is 0. The van der Waals surface area contributed by atoms with Crippen LogP contribution in [0.5, 0.6) is 0 Å². The van der Waals surface area contributed by atoms with Gasteiger partial charge in [-0.2, -0.15) is 0 Å². The molecule has 2 saturated heterocycles. The molecule has 2 aliphatic rings. The Kier molecular flexibility index (Phi) is 6.72. The Bertz CT molecular complexity index is 320. The highest BCUT2D eigenvalue weighted by atomic mass is 35.5. The van der Waals surface area contributed by atoms with Gasteiger partial charge in [0, 0.05) is 25.7 Å². The molecule has 0 aromatic heterocycles. The molecular weight excluding hydrogens is 278 g/mol. The minimum atomic E-state index is 0. The molecule has 0 radical (unpaired) electrons. The number of rotatable bonds is 3. The Morgan fingerprint density at radius 2 is 1.80 bits per heavy atom. The van der Waals surface area contributed by atoms with Gasteiger partial charge in [-0.1, -0.05) is 0 Å². The van der Waals surface area contributed by atoms with Gasteiger partial charge in [0.1, 0.15) is 0 Å². The van der Waals surface area contributed by atoms with Crippen LogP contribution in [0.3, 0.4) is 0 Å². The number of hydrogen-bond acceptors (Lipinski definition) is 4. The average molecular weight is 306 g/mol. The molecule has 0 aromatic carbocycles. The van der Waals surface area contributed by atoms with Gasteiger partial charge in [0.25, 0.3) is 0 Å². The largest absolute Gasteiger partial charge is 0.372 e. The van der Waals surface area contributed by atoms with Crippen molar-refractivity contribution < 1.29 is 9.53 Å². The Morgan fingerprint density at radius 1 is 1.20 bits per heavy atom. The predicted octanol–water partition coefficient (Wildman–Crippen LogP) is 0.713. The monoisotopic (exact) mass is 305 g/mol. The summed E-state index contributed by atoms with van der Waals surface area (Å²) in [6, 6.07) is 0.466. The second kappa shape index (κ2) is 7.59. The van der Waals surface area contributed by atoms with Crippen LogP contribution >= 0.6 is 12.4 Å². The van der Waals surface area contributed by atoms with Gasteiger partial charge in [0.2, 0.25) is 5.91 Å². The molecule has 2 N–H and O–H groups in total. The number of ether oxygens (including phenoxy) is 1. The van der Waals surface area contributed by atoms with Gasteiger partial charge in [0.15, 0.2) is 0 Å². The lowest BCUT2D eigenvalue weighted by Gasteiger charge is -2.36. The topological polar surface area (TPSA) is 58.8 Å². The number of amides is 1. The summed E-state index contributed by atoms with van der Waals surface area (Å²) in [5.41, 5.74) is 5.73. The molecular formula is C14H28ClN3O2. The molecule has 2 rings (SSSR count). The van der Waals surface area contributed by atoms with Crippen molar-refractivity contribution in [3.05, 3.63) is 0 Å². The molecule has 0 aliphatic carbocycles. The number of carbonyl (C=O) groups is 1. The van der Waals surface area contributed by atoms with Crippen molar-refractivity contribution in [2.24, 2.45) is 11.7 Å². The summed E-state index contributed by atoms with van der Waals surface area (Å²) in [6.45, 7) is 9.87. The molecule has 1 amide bonds. The lowest BCUT2D eigenvalue weighted by Crippen LogP contribution is -2.51. The molecule has 4 unspecified atom stereocenters. The summed E-state index contributed by atoms with van der Waals surface area (Å²) >= 11 is 0. The molecule has 2 aliphatic heterocycles. The van der Waals surface area contributed by atoms with Crippen LogP contribution in [0.1, 0.15) is 27.2 Å². The van der Waals surface area contributed by atoms with Crippen LogP contribution in [0.15, 0.2) is 0 Å². The summed E-state index contributed by atoms with van der Waals surface area (Å²) in [6.07, 6.45) is 1.39. The first-order valence-corrected chi connectivity index (χ1v) is 7.37. The molecule has 0 bridgehead atoms. The van der Waals surface area contributed by atoms with E-state index in [0.717, 1.165) is 19.5 Å². The van der Waals surface area contributed by atoms with Gasteiger partial charge >= 0.3 is 0 Å². The highest BCUT2D eigenvalue weighted by molar-refractivity contribution is 5.85. The van der Waals surface area contributed by atoms with E-state index < -0.39 is 0 Å². The second-order valence-corrected chi connectivity index (χ2v) is 6.17. The molecule has 2 fully saturated rings. The van der Waals surface area contributed by atoms with Crippen LogP contribution < -0.4 is 5.73 Å². The number of likely N-dealkylation sites (tertiary alicyclic amines) is 1. The summed E-state index contributed by atoms with van der Waals surface area (Å²) in [4.78, 5) is 16.6. The number of nitrogens with zero attached hydrogens (tertiary/aromatic N) is 2. The van der Waals surface area contributed by atoms with Gasteiger partial charge in [-0.05, 0) is 39.7 Å². The first-order chi connectivity index (χ1) is 8.99. The van der Waals surface area contributed by atoms with Crippen molar-refractivity contribution in [1.29, 1.82) is 0 Å². The van der Waals surface area contributed by atoms with E-state index in [1.54, 1.807) is 0 Å². The third kappa shape index (κ3) is 4.32. The SMILES string of the molecule is CC1CN(C(=O)CN2CC(CN)CC2C)CC(C)O1.Cl. The van der Waals surface area contributed by atoms with Crippen LogP contribution in [-0.4, -0.2) is 66.7 Å². The maximum Gasteiger partial charge on any atom is 0.236 e. The Hall–Kier alpha value is -0.360. The minimum absolute atomic E-state index is 0. The predicted molar refractivity (Wildman–Crippen MR) is 82.0 cm³/mol. The van der Waals surface area contributed by atoms with Crippen molar-refractivity contribution in [2.75, 3.05) is 32.7 Å². The zero-order chi connectivity index (χ0) is 14.0. The third-order valence-corrected chi connectivity index (χ3v) is 4.23. The van der Waals surface area contributed by atoms with Gasteiger partial charge in [0.05, 0.1) is 18.8 Å². The molecule has 6 heteroatoms. The quantitative estimate of drug-likeness (QED) is 0.834. The molecule has 0 spiro atoms. The standard InChI is InChI=1S/C14H27N3O2.ClH/c1-10-4-13(5-15)8-16(10)9-14(18)17-6-11(2)19-12(3)7-17;/h10-13H,4-9,15H2,1-3H3;1H. The fourth-order valence-electron chi connectivity index (χ4n) is 3.26. The molecule has 118 valence electrons. The first kappa shape index (κ1) is 17.7. The number of hydrogen-bond donors (Lipinski definition) is 1. The van der Waals surface area contributed by atoms with Crippen LogP contribution in [0.2, 0.25) is 0 Å². The average Bonchev–Trinajstić information content (AvgIpc) is 2.69. The van der Waals surface area contributed by atoms with E-state index in [9.17, 15) is 4.79 Å². The van der Waals surface area contributed by atoms with E-state index in [4.69, 9.17) is 10.5 Å². The number of halogens is 1. The number of nitrogens with two attached hydrogens (primary N) is 1. The Labute approximate surface area is 128 Å². The van der Waals surface area contributed by atoms with Crippen molar-refractivity contribution in [3.63, 3.8) is 0 Å². The van der Waals surface area contributed by atoms with E-state index in [2.05, 4.69) is 11.8 Å². The zero-order valence-corrected chi connectivity index (χ0v) is 13.6. The van der Waals surface area contributed by atoms with E-state index in [0.29, 0.717) is 31.6 Å². The lowest BCUT2D eigenvalue weighted by molar-refractivity contribution is -0.144. The molecule has 2 heterocycles. The Morgan fingerprint density at radius 3 is 2.30 bits per heavy atom. The maximum absolute atomic E-state index is 12.4. The third-order valence-electron chi connectivity index (χ3n) is 4.23. The van der Waals surface area contributed by atoms with Crippen LogP contribution in [-0.2, 0) is 9.53 Å². The van der Waals surface area contributed by atoms with E-state index in [-0.39, 0.29) is 30.5 Å². The molecule has 0 aromatic rings. The summed E-state index contributed by atoms with van der Waals surface area (Å²) in [5, 5.41) is 0. The van der Waals surface area contributed by atoms with Crippen molar-refractivity contribution in [2.45, 2.75) is 45.4 Å². The summed E-state index contributed by atoms with van der Waals surface area (Å²) < 4.78 is 5.67. The lowest BCUT2D eigenvalue weighted by atomic mass is 10.1. The van der Waals surface area contributed by atoms with Gasteiger partial charge in [-0.25, -0.2) is 0 Å². The number of carbonyl (C=O) groups excluding carboxylic acids is 1. The molecule has 20 heavy (non-hydrogen) atoms. The van der Waals surface area contributed by atoms with Gasteiger partial charge < -0.3 is 15.4 Å². The van der Waals surface area contributed by atoms with Gasteiger partial charge in [-0.3, -0.25) is 9.69 Å². The van der Waals surface area contributed by atoms with E-state index >= 15 is 0 Å². The zero-order valence-electron chi connectivity index (χ0n) is 12.7. The van der Waals surface area contributed by atoms with E-state index in [1.165, 1.54) is 0 Å². The normalized spacial score (nSPS) is 34.9.